The largest absolute Gasteiger partial charge is 0.490 e. The van der Waals surface area contributed by atoms with Crippen LogP contribution < -0.4 is 9.47 Å². The van der Waals surface area contributed by atoms with Gasteiger partial charge in [-0.05, 0) is 61.8 Å². The summed E-state index contributed by atoms with van der Waals surface area (Å²) in [7, 11) is 0. The molecule has 0 spiro atoms. The molecule has 3 rings (SSSR count). The Bertz CT molecular complexity index is 1510. The van der Waals surface area contributed by atoms with Gasteiger partial charge in [-0.25, -0.2) is 4.39 Å². The molecule has 0 fully saturated rings. The first-order chi connectivity index (χ1) is 30.4. The molecule has 0 saturated carbocycles. The summed E-state index contributed by atoms with van der Waals surface area (Å²) in [5.41, 5.74) is 0.976. The van der Waals surface area contributed by atoms with E-state index in [2.05, 4.69) is 41.5 Å². The predicted octanol–water partition coefficient (Wildman–Crippen LogP) is 16.5. The van der Waals surface area contributed by atoms with Crippen LogP contribution in [-0.2, 0) is 18.9 Å². The highest BCUT2D eigenvalue weighted by Gasteiger charge is 2.67. The van der Waals surface area contributed by atoms with Crippen molar-refractivity contribution in [2.75, 3.05) is 39.6 Å². The molecule has 0 saturated heterocycles. The Hall–Kier alpha value is -2.94. The van der Waals surface area contributed by atoms with Crippen molar-refractivity contribution in [2.24, 2.45) is 0 Å². The van der Waals surface area contributed by atoms with Crippen LogP contribution in [0.4, 0.5) is 8.78 Å². The van der Waals surface area contributed by atoms with Gasteiger partial charge in [0.2, 0.25) is 0 Å². The van der Waals surface area contributed by atoms with Gasteiger partial charge >= 0.3 is 0 Å². The van der Waals surface area contributed by atoms with Crippen LogP contribution in [0.1, 0.15) is 207 Å². The van der Waals surface area contributed by atoms with Gasteiger partial charge < -0.3 is 28.4 Å². The molecule has 0 N–H and O–H groups in total. The summed E-state index contributed by atoms with van der Waals surface area (Å²) in [5, 5.41) is 0. The maximum Gasteiger partial charge on any atom is 0.299 e. The van der Waals surface area contributed by atoms with Crippen LogP contribution in [0.3, 0.4) is 0 Å². The van der Waals surface area contributed by atoms with E-state index >= 15 is 8.78 Å². The molecule has 6 nitrogen and oxygen atoms in total. The average molecular weight is 869 g/mol. The highest BCUT2D eigenvalue weighted by molar-refractivity contribution is 6.02. The lowest BCUT2D eigenvalue weighted by Gasteiger charge is -2.48. The fraction of sp³-hybridized carbons (Fsp3) is 0.704. The molecule has 8 heteroatoms. The number of allylic oxidation sites excluding steroid dienone is 2. The monoisotopic (exact) mass is 869 g/mol. The molecule has 0 heterocycles. The van der Waals surface area contributed by atoms with Crippen molar-refractivity contribution < 1.29 is 37.2 Å². The van der Waals surface area contributed by atoms with Crippen molar-refractivity contribution in [2.45, 2.75) is 207 Å². The third-order valence-corrected chi connectivity index (χ3v) is 11.7. The molecule has 0 aromatic heterocycles. The molecule has 2 aromatic carbocycles. The second kappa shape index (κ2) is 31.8. The molecule has 1 atom stereocenters. The van der Waals surface area contributed by atoms with E-state index in [-0.39, 0.29) is 43.3 Å². The second-order valence-electron chi connectivity index (χ2n) is 17.1. The average Bonchev–Trinajstić information content (AvgIpc) is 3.28. The van der Waals surface area contributed by atoms with Gasteiger partial charge in [0, 0.05) is 11.1 Å². The lowest BCUT2D eigenvalue weighted by molar-refractivity contribution is -0.346. The molecule has 0 bridgehead atoms. The zero-order chi connectivity index (χ0) is 44.7. The summed E-state index contributed by atoms with van der Waals surface area (Å²) >= 11 is 0. The summed E-state index contributed by atoms with van der Waals surface area (Å²) in [5.74, 6) is -5.07. The first-order valence-corrected chi connectivity index (χ1v) is 25.2. The molecule has 1 aliphatic rings. The maximum atomic E-state index is 19.8. The second-order valence-corrected chi connectivity index (χ2v) is 17.1. The van der Waals surface area contributed by atoms with Gasteiger partial charge in [-0.3, -0.25) is 0 Å². The molecule has 1 aliphatic carbocycles. The zero-order valence-electron chi connectivity index (χ0n) is 40.0. The third-order valence-electron chi connectivity index (χ3n) is 11.7. The SMILES string of the molecule is CCCCCCOC1=C(F)C(c2ccc(OCCCCCC)c(OCCCCCC)c2)=C(c2ccccc2)C(F)(OCCCCCC)C1(OCCCCCC)OCCCCCC. The zero-order valence-corrected chi connectivity index (χ0v) is 40.0. The maximum absolute atomic E-state index is 19.8. The van der Waals surface area contributed by atoms with Crippen LogP contribution in [0.15, 0.2) is 60.1 Å². The highest BCUT2D eigenvalue weighted by atomic mass is 19.2. The number of halogens is 2. The van der Waals surface area contributed by atoms with Crippen molar-refractivity contribution >= 4 is 11.1 Å². The Kier molecular flexibility index (Phi) is 27.4. The molecule has 0 aliphatic heterocycles. The molecular weight excluding hydrogens is 783 g/mol. The van der Waals surface area contributed by atoms with E-state index in [9.17, 15) is 0 Å². The van der Waals surface area contributed by atoms with Gasteiger partial charge in [-0.1, -0.05) is 194 Å². The summed E-state index contributed by atoms with van der Waals surface area (Å²) in [6.07, 6.45) is 22.8. The normalized spacial score (nSPS) is 16.3. The molecule has 62 heavy (non-hydrogen) atoms. The van der Waals surface area contributed by atoms with E-state index in [0.29, 0.717) is 61.5 Å². The smallest absolute Gasteiger partial charge is 0.299 e. The fourth-order valence-corrected chi connectivity index (χ4v) is 7.98. The van der Waals surface area contributed by atoms with E-state index in [4.69, 9.17) is 28.4 Å². The lowest BCUT2D eigenvalue weighted by Crippen LogP contribution is -2.61. The Morgan fingerprint density at radius 3 is 1.31 bits per heavy atom. The van der Waals surface area contributed by atoms with Crippen molar-refractivity contribution in [3.8, 4) is 11.5 Å². The van der Waals surface area contributed by atoms with Crippen molar-refractivity contribution in [3.63, 3.8) is 0 Å². The number of hydrogen-bond acceptors (Lipinski definition) is 6. The highest BCUT2D eigenvalue weighted by Crippen LogP contribution is 2.57. The molecule has 2 aromatic rings. The van der Waals surface area contributed by atoms with E-state index in [1.54, 1.807) is 0 Å². The molecule has 352 valence electrons. The minimum atomic E-state index is -2.81. The van der Waals surface area contributed by atoms with Crippen LogP contribution in [0.5, 0.6) is 11.5 Å². The number of rotatable bonds is 38. The van der Waals surface area contributed by atoms with Gasteiger partial charge in [0.05, 0.1) is 39.6 Å². The van der Waals surface area contributed by atoms with Crippen molar-refractivity contribution in [3.05, 3.63) is 71.2 Å². The van der Waals surface area contributed by atoms with Crippen LogP contribution in [0.25, 0.3) is 11.1 Å². The summed E-state index contributed by atoms with van der Waals surface area (Å²) < 4.78 is 77.9. The van der Waals surface area contributed by atoms with Crippen LogP contribution in [0, 0.1) is 0 Å². The van der Waals surface area contributed by atoms with Crippen LogP contribution in [-0.4, -0.2) is 51.3 Å². The number of benzene rings is 2. The molecule has 0 radical (unpaired) electrons. The van der Waals surface area contributed by atoms with Gasteiger partial charge in [0.25, 0.3) is 11.6 Å². The van der Waals surface area contributed by atoms with E-state index in [1.165, 1.54) is 0 Å². The van der Waals surface area contributed by atoms with E-state index in [0.717, 1.165) is 128 Å². The van der Waals surface area contributed by atoms with Crippen LogP contribution in [0.2, 0.25) is 0 Å². The topological polar surface area (TPSA) is 55.4 Å². The summed E-state index contributed by atoms with van der Waals surface area (Å²) in [6.45, 7) is 14.6. The van der Waals surface area contributed by atoms with Crippen molar-refractivity contribution in [1.29, 1.82) is 0 Å². The summed E-state index contributed by atoms with van der Waals surface area (Å²) in [6, 6.07) is 14.7. The quantitative estimate of drug-likeness (QED) is 0.0495. The van der Waals surface area contributed by atoms with Gasteiger partial charge in [-0.15, -0.1) is 0 Å². The van der Waals surface area contributed by atoms with Crippen LogP contribution >= 0.6 is 0 Å². The fourth-order valence-electron chi connectivity index (χ4n) is 7.98. The van der Waals surface area contributed by atoms with Gasteiger partial charge in [0.1, 0.15) is 0 Å². The predicted molar refractivity (Wildman–Crippen MR) is 254 cm³/mol. The Morgan fingerprint density at radius 2 is 0.839 bits per heavy atom. The summed E-state index contributed by atoms with van der Waals surface area (Å²) in [4.78, 5) is 0. The number of alkyl halides is 1. The minimum absolute atomic E-state index is 0.0219. The first kappa shape index (κ1) is 53.4. The van der Waals surface area contributed by atoms with Crippen molar-refractivity contribution in [1.82, 2.24) is 0 Å². The molecule has 1 unspecified atom stereocenters. The number of ether oxygens (including phenoxy) is 6. The number of unbranched alkanes of at least 4 members (excludes halogenated alkanes) is 18. The standard InChI is InChI=1S/C54H86F2O6/c1-7-13-19-28-38-57-47-37-36-46(44-48(47)58-39-29-20-14-8-2)49-50(45-34-26-25-27-35-45)53(56,60-41-31-22-16-10-4)54(61-42-32-23-17-11-5,62-43-33-24-18-12-6)52(51(49)55)59-40-30-21-15-9-3/h25-27,34-37,44H,7-24,28-33,38-43H2,1-6H3. The van der Waals surface area contributed by atoms with Gasteiger partial charge in [-0.2, -0.15) is 4.39 Å². The molecule has 0 amide bonds. The Labute approximate surface area is 376 Å². The van der Waals surface area contributed by atoms with Gasteiger partial charge in [0.15, 0.2) is 23.1 Å². The van der Waals surface area contributed by atoms with E-state index < -0.39 is 17.5 Å². The Balaban J connectivity index is 2.39. The third kappa shape index (κ3) is 16.6. The number of hydrogen-bond donors (Lipinski definition) is 0. The van der Waals surface area contributed by atoms with E-state index in [1.807, 2.05) is 48.5 Å². The molecular formula is C54H86F2O6. The first-order valence-electron chi connectivity index (χ1n) is 25.2. The lowest BCUT2D eigenvalue weighted by atomic mass is 9.79. The Morgan fingerprint density at radius 1 is 0.419 bits per heavy atom. The minimum Gasteiger partial charge on any atom is -0.490 e.